The first-order valence-corrected chi connectivity index (χ1v) is 7.97. The van der Waals surface area contributed by atoms with E-state index in [0.717, 1.165) is 17.6 Å². The molecule has 1 amide bonds. The van der Waals surface area contributed by atoms with Gasteiger partial charge >= 0.3 is 0 Å². The van der Waals surface area contributed by atoms with Crippen molar-refractivity contribution >= 4 is 21.8 Å². The molecule has 5 heteroatoms. The van der Waals surface area contributed by atoms with Gasteiger partial charge in [0.1, 0.15) is 5.75 Å². The number of likely N-dealkylation sites (N-methyl/N-ethyl adjacent to an activating group) is 1. The summed E-state index contributed by atoms with van der Waals surface area (Å²) in [5.74, 6) is 1.27. The fraction of sp³-hybridized carbons (Fsp3) is 0.562. The van der Waals surface area contributed by atoms with Crippen LogP contribution in [-0.2, 0) is 11.3 Å². The molecule has 21 heavy (non-hydrogen) atoms. The summed E-state index contributed by atoms with van der Waals surface area (Å²) in [5, 5.41) is 3.40. The fourth-order valence-corrected chi connectivity index (χ4v) is 2.38. The van der Waals surface area contributed by atoms with E-state index in [9.17, 15) is 4.79 Å². The van der Waals surface area contributed by atoms with Crippen molar-refractivity contribution in [2.75, 3.05) is 20.6 Å². The van der Waals surface area contributed by atoms with Crippen molar-refractivity contribution in [1.82, 2.24) is 10.2 Å². The van der Waals surface area contributed by atoms with Crippen LogP contribution < -0.4 is 10.1 Å². The summed E-state index contributed by atoms with van der Waals surface area (Å²) < 4.78 is 6.57. The van der Waals surface area contributed by atoms with Crippen LogP contribution in [0.3, 0.4) is 0 Å². The second-order valence-corrected chi connectivity index (χ2v) is 6.64. The van der Waals surface area contributed by atoms with Gasteiger partial charge in [-0.15, -0.1) is 0 Å². The SMILES string of the molecule is CC(C)CNCc1ccc(OC(C)C(=O)N(C)C)c(Br)c1. The molecule has 0 aliphatic heterocycles. The molecule has 1 aromatic carbocycles. The Morgan fingerprint density at radius 3 is 2.52 bits per heavy atom. The third-order valence-electron chi connectivity index (χ3n) is 2.97. The minimum absolute atomic E-state index is 0.0513. The van der Waals surface area contributed by atoms with Gasteiger partial charge in [-0.05, 0) is 53.0 Å². The van der Waals surface area contributed by atoms with Crippen molar-refractivity contribution in [1.29, 1.82) is 0 Å². The Kier molecular flexibility index (Phi) is 7.18. The van der Waals surface area contributed by atoms with Gasteiger partial charge < -0.3 is 15.0 Å². The molecule has 0 aromatic heterocycles. The Balaban J connectivity index is 2.63. The molecular weight excluding hydrogens is 332 g/mol. The molecule has 0 spiro atoms. The van der Waals surface area contributed by atoms with E-state index in [1.807, 2.05) is 18.2 Å². The molecule has 1 rings (SSSR count). The summed E-state index contributed by atoms with van der Waals surface area (Å²) >= 11 is 3.50. The number of ether oxygens (including phenoxy) is 1. The summed E-state index contributed by atoms with van der Waals surface area (Å²) in [6.45, 7) is 7.94. The first-order chi connectivity index (χ1) is 9.81. The number of hydrogen-bond donors (Lipinski definition) is 1. The van der Waals surface area contributed by atoms with Crippen LogP contribution in [0.1, 0.15) is 26.3 Å². The van der Waals surface area contributed by atoms with Crippen molar-refractivity contribution < 1.29 is 9.53 Å². The lowest BCUT2D eigenvalue weighted by Gasteiger charge is -2.19. The summed E-state index contributed by atoms with van der Waals surface area (Å²) in [4.78, 5) is 13.3. The largest absolute Gasteiger partial charge is 0.480 e. The van der Waals surface area contributed by atoms with E-state index in [1.54, 1.807) is 21.0 Å². The summed E-state index contributed by atoms with van der Waals surface area (Å²) in [7, 11) is 3.45. The highest BCUT2D eigenvalue weighted by atomic mass is 79.9. The molecule has 1 N–H and O–H groups in total. The van der Waals surface area contributed by atoms with Crippen LogP contribution in [0.15, 0.2) is 22.7 Å². The second kappa shape index (κ2) is 8.39. The minimum Gasteiger partial charge on any atom is -0.480 e. The maximum atomic E-state index is 11.8. The Labute approximate surface area is 136 Å². The van der Waals surface area contributed by atoms with Crippen LogP contribution >= 0.6 is 15.9 Å². The van der Waals surface area contributed by atoms with Crippen LogP contribution in [0.2, 0.25) is 0 Å². The topological polar surface area (TPSA) is 41.6 Å². The predicted molar refractivity (Wildman–Crippen MR) is 89.5 cm³/mol. The number of hydrogen-bond acceptors (Lipinski definition) is 3. The van der Waals surface area contributed by atoms with E-state index >= 15 is 0 Å². The number of carbonyl (C=O) groups excluding carboxylic acids is 1. The summed E-state index contributed by atoms with van der Waals surface area (Å²) in [6.07, 6.45) is -0.499. The third-order valence-corrected chi connectivity index (χ3v) is 3.59. The van der Waals surface area contributed by atoms with E-state index in [4.69, 9.17) is 4.74 Å². The number of amides is 1. The molecule has 0 radical (unpaired) electrons. The van der Waals surface area contributed by atoms with Crippen molar-refractivity contribution in [3.8, 4) is 5.75 Å². The first kappa shape index (κ1) is 18.0. The highest BCUT2D eigenvalue weighted by molar-refractivity contribution is 9.10. The second-order valence-electron chi connectivity index (χ2n) is 5.78. The van der Waals surface area contributed by atoms with Crippen LogP contribution in [0.5, 0.6) is 5.75 Å². The molecular formula is C16H25BrN2O2. The highest BCUT2D eigenvalue weighted by Crippen LogP contribution is 2.27. The Morgan fingerprint density at radius 1 is 1.33 bits per heavy atom. The van der Waals surface area contributed by atoms with E-state index < -0.39 is 6.10 Å². The molecule has 0 fully saturated rings. The van der Waals surface area contributed by atoms with Crippen molar-refractivity contribution in [2.24, 2.45) is 5.92 Å². The molecule has 1 unspecified atom stereocenters. The Bertz CT molecular complexity index is 475. The van der Waals surface area contributed by atoms with Crippen LogP contribution in [-0.4, -0.2) is 37.6 Å². The molecule has 0 saturated heterocycles. The zero-order valence-electron chi connectivity index (χ0n) is 13.4. The lowest BCUT2D eigenvalue weighted by Crippen LogP contribution is -2.35. The molecule has 118 valence electrons. The van der Waals surface area contributed by atoms with Crippen molar-refractivity contribution in [2.45, 2.75) is 33.4 Å². The van der Waals surface area contributed by atoms with Crippen molar-refractivity contribution in [3.63, 3.8) is 0 Å². The van der Waals surface area contributed by atoms with Gasteiger partial charge in [0.2, 0.25) is 0 Å². The average Bonchev–Trinajstić information content (AvgIpc) is 2.40. The molecule has 0 saturated carbocycles. The maximum Gasteiger partial charge on any atom is 0.262 e. The molecule has 0 aliphatic rings. The van der Waals surface area contributed by atoms with Crippen molar-refractivity contribution in [3.05, 3.63) is 28.2 Å². The molecule has 4 nitrogen and oxygen atoms in total. The van der Waals surface area contributed by atoms with E-state index in [0.29, 0.717) is 11.7 Å². The first-order valence-electron chi connectivity index (χ1n) is 7.18. The van der Waals surface area contributed by atoms with Gasteiger partial charge in [0, 0.05) is 20.6 Å². The normalized spacial score (nSPS) is 12.3. The van der Waals surface area contributed by atoms with Gasteiger partial charge in [0.05, 0.1) is 4.47 Å². The summed E-state index contributed by atoms with van der Waals surface area (Å²) in [6, 6.07) is 5.94. The van der Waals surface area contributed by atoms with E-state index in [1.165, 1.54) is 10.5 Å². The number of nitrogens with zero attached hydrogens (tertiary/aromatic N) is 1. The molecule has 0 bridgehead atoms. The lowest BCUT2D eigenvalue weighted by molar-refractivity contribution is -0.135. The van der Waals surface area contributed by atoms with E-state index in [-0.39, 0.29) is 5.91 Å². The fourth-order valence-electron chi connectivity index (χ4n) is 1.86. The zero-order chi connectivity index (χ0) is 16.0. The quantitative estimate of drug-likeness (QED) is 0.816. The maximum absolute atomic E-state index is 11.8. The molecule has 1 atom stereocenters. The summed E-state index contributed by atoms with van der Waals surface area (Å²) in [5.41, 5.74) is 1.18. The number of nitrogens with one attached hydrogen (secondary N) is 1. The molecule has 0 aliphatic carbocycles. The van der Waals surface area contributed by atoms with Gasteiger partial charge in [-0.25, -0.2) is 0 Å². The van der Waals surface area contributed by atoms with Crippen LogP contribution in [0.25, 0.3) is 0 Å². The van der Waals surface area contributed by atoms with Gasteiger partial charge in [-0.3, -0.25) is 4.79 Å². The lowest BCUT2D eigenvalue weighted by atomic mass is 10.2. The number of rotatable bonds is 7. The molecule has 1 aromatic rings. The molecule has 0 heterocycles. The standard InChI is InChI=1S/C16H25BrN2O2/c1-11(2)9-18-10-13-6-7-15(14(17)8-13)21-12(3)16(20)19(4)5/h6-8,11-12,18H,9-10H2,1-5H3. The monoisotopic (exact) mass is 356 g/mol. The number of benzene rings is 1. The smallest absolute Gasteiger partial charge is 0.262 e. The minimum atomic E-state index is -0.499. The highest BCUT2D eigenvalue weighted by Gasteiger charge is 2.17. The Hall–Kier alpha value is -1.07. The van der Waals surface area contributed by atoms with Gasteiger partial charge in [-0.1, -0.05) is 19.9 Å². The number of halogens is 1. The Morgan fingerprint density at radius 2 is 2.00 bits per heavy atom. The zero-order valence-corrected chi connectivity index (χ0v) is 15.0. The van der Waals surface area contributed by atoms with Crippen LogP contribution in [0, 0.1) is 5.92 Å². The number of carbonyl (C=O) groups is 1. The van der Waals surface area contributed by atoms with Gasteiger partial charge in [-0.2, -0.15) is 0 Å². The third kappa shape index (κ3) is 6.06. The van der Waals surface area contributed by atoms with Gasteiger partial charge in [0.15, 0.2) is 6.10 Å². The average molecular weight is 357 g/mol. The van der Waals surface area contributed by atoms with Gasteiger partial charge in [0.25, 0.3) is 5.91 Å². The van der Waals surface area contributed by atoms with Crippen LogP contribution in [0.4, 0.5) is 0 Å². The van der Waals surface area contributed by atoms with E-state index in [2.05, 4.69) is 35.1 Å². The predicted octanol–water partition coefficient (Wildman–Crippen LogP) is 3.05.